The van der Waals surface area contributed by atoms with E-state index in [1.807, 2.05) is 0 Å². The minimum absolute atomic E-state index is 0.0219. The molecule has 154 valence electrons. The van der Waals surface area contributed by atoms with Crippen molar-refractivity contribution in [1.29, 1.82) is 0 Å². The molecule has 4 aliphatic carbocycles. The zero-order valence-electron chi connectivity index (χ0n) is 17.6. The second-order valence-corrected chi connectivity index (χ2v) is 10.7. The highest BCUT2D eigenvalue weighted by Gasteiger charge is 2.67. The summed E-state index contributed by atoms with van der Waals surface area (Å²) >= 11 is 0. The van der Waals surface area contributed by atoms with Gasteiger partial charge < -0.3 is 9.47 Å². The maximum atomic E-state index is 12.0. The molecule has 4 nitrogen and oxygen atoms in total. The number of ether oxygens (including phenoxy) is 2. The van der Waals surface area contributed by atoms with E-state index in [4.69, 9.17) is 9.47 Å². The minimum Gasteiger partial charge on any atom is -0.458 e. The molecule has 1 spiro atoms. The molecule has 5 rings (SSSR count). The summed E-state index contributed by atoms with van der Waals surface area (Å²) in [6.07, 6.45) is 13.0. The van der Waals surface area contributed by atoms with Crippen LogP contribution in [0.5, 0.6) is 0 Å². The van der Waals surface area contributed by atoms with Crippen LogP contribution in [0.4, 0.5) is 0 Å². The molecule has 0 unspecified atom stereocenters. The van der Waals surface area contributed by atoms with Crippen molar-refractivity contribution >= 4 is 11.9 Å². The van der Waals surface area contributed by atoms with Crippen LogP contribution in [0.25, 0.3) is 0 Å². The maximum absolute atomic E-state index is 12.0. The number of fused-ring (bicyclic) bond motifs is 6. The van der Waals surface area contributed by atoms with Crippen molar-refractivity contribution in [3.63, 3.8) is 0 Å². The number of carbonyl (C=O) groups excluding carboxylic acids is 2. The van der Waals surface area contributed by atoms with Crippen LogP contribution in [-0.2, 0) is 19.1 Å². The van der Waals surface area contributed by atoms with Gasteiger partial charge in [0.1, 0.15) is 11.7 Å². The van der Waals surface area contributed by atoms with E-state index in [1.54, 1.807) is 0 Å². The molecule has 3 saturated carbocycles. The lowest BCUT2D eigenvalue weighted by molar-refractivity contribution is -0.168. The van der Waals surface area contributed by atoms with E-state index in [-0.39, 0.29) is 34.5 Å². The van der Waals surface area contributed by atoms with E-state index >= 15 is 0 Å². The number of hydrogen-bond acceptors (Lipinski definition) is 4. The molecular weight excluding hydrogens is 352 g/mol. The average molecular weight is 387 g/mol. The first-order chi connectivity index (χ1) is 13.3. The molecule has 0 aromatic rings. The second-order valence-electron chi connectivity index (χ2n) is 10.7. The van der Waals surface area contributed by atoms with Gasteiger partial charge in [-0.1, -0.05) is 19.4 Å². The molecular formula is C24H34O4. The fourth-order valence-corrected chi connectivity index (χ4v) is 8.30. The van der Waals surface area contributed by atoms with Crippen LogP contribution in [-0.4, -0.2) is 23.6 Å². The zero-order chi connectivity index (χ0) is 19.7. The molecule has 1 aliphatic heterocycles. The molecule has 0 aromatic carbocycles. The van der Waals surface area contributed by atoms with Gasteiger partial charge in [-0.15, -0.1) is 0 Å². The van der Waals surface area contributed by atoms with Gasteiger partial charge in [0, 0.05) is 18.8 Å². The Hall–Kier alpha value is -1.32. The van der Waals surface area contributed by atoms with Crippen molar-refractivity contribution in [3.8, 4) is 0 Å². The molecule has 7 atom stereocenters. The molecule has 0 bridgehead atoms. The molecule has 0 aromatic heterocycles. The van der Waals surface area contributed by atoms with E-state index in [0.717, 1.165) is 43.9 Å². The summed E-state index contributed by atoms with van der Waals surface area (Å²) in [4.78, 5) is 23.4. The third kappa shape index (κ3) is 2.42. The highest BCUT2D eigenvalue weighted by atomic mass is 16.6. The SMILES string of the molecule is CC(=O)O[C@@H]1C=C2CC[C@@H]3[C@@H](CC[C@@]4(C)[C@H]3CC[C@@]43CCC(=O)O3)[C@@]2(C)CC1. The van der Waals surface area contributed by atoms with Crippen LogP contribution in [0.2, 0.25) is 0 Å². The Labute approximate surface area is 168 Å². The number of allylic oxidation sites excluding steroid dienone is 1. The fourth-order valence-electron chi connectivity index (χ4n) is 8.30. The molecule has 1 heterocycles. The van der Waals surface area contributed by atoms with E-state index in [2.05, 4.69) is 19.9 Å². The van der Waals surface area contributed by atoms with Crippen LogP contribution < -0.4 is 0 Å². The Kier molecular flexibility index (Phi) is 4.07. The Morgan fingerprint density at radius 3 is 2.54 bits per heavy atom. The Morgan fingerprint density at radius 2 is 1.82 bits per heavy atom. The third-order valence-corrected chi connectivity index (χ3v) is 9.72. The van der Waals surface area contributed by atoms with Crippen LogP contribution >= 0.6 is 0 Å². The summed E-state index contributed by atoms with van der Waals surface area (Å²) in [7, 11) is 0. The Balaban J connectivity index is 1.42. The average Bonchev–Trinajstić information content (AvgIpc) is 3.16. The number of esters is 2. The van der Waals surface area contributed by atoms with E-state index in [9.17, 15) is 9.59 Å². The quantitative estimate of drug-likeness (QED) is 0.472. The maximum Gasteiger partial charge on any atom is 0.306 e. The fraction of sp³-hybridized carbons (Fsp3) is 0.833. The van der Waals surface area contributed by atoms with Crippen LogP contribution in [0.1, 0.15) is 85.0 Å². The molecule has 4 fully saturated rings. The Bertz CT molecular complexity index is 741. The van der Waals surface area contributed by atoms with Gasteiger partial charge >= 0.3 is 11.9 Å². The van der Waals surface area contributed by atoms with Crippen molar-refractivity contribution in [1.82, 2.24) is 0 Å². The lowest BCUT2D eigenvalue weighted by Gasteiger charge is -2.59. The summed E-state index contributed by atoms with van der Waals surface area (Å²) in [5, 5.41) is 0. The highest BCUT2D eigenvalue weighted by Crippen LogP contribution is 2.69. The van der Waals surface area contributed by atoms with Crippen molar-refractivity contribution in [2.45, 2.75) is 96.7 Å². The molecule has 5 aliphatic rings. The molecule has 4 heteroatoms. The second kappa shape index (κ2) is 6.09. The van der Waals surface area contributed by atoms with Gasteiger partial charge in [0.25, 0.3) is 0 Å². The Morgan fingerprint density at radius 1 is 1.04 bits per heavy atom. The van der Waals surface area contributed by atoms with Gasteiger partial charge in [-0.25, -0.2) is 0 Å². The van der Waals surface area contributed by atoms with Gasteiger partial charge in [0.05, 0.1) is 0 Å². The first-order valence-corrected chi connectivity index (χ1v) is 11.4. The normalized spacial score (nSPS) is 49.7. The van der Waals surface area contributed by atoms with E-state index in [0.29, 0.717) is 12.3 Å². The van der Waals surface area contributed by atoms with Crippen LogP contribution in [0.3, 0.4) is 0 Å². The summed E-state index contributed by atoms with van der Waals surface area (Å²) in [6, 6.07) is 0. The monoisotopic (exact) mass is 386 g/mol. The first-order valence-electron chi connectivity index (χ1n) is 11.4. The lowest BCUT2D eigenvalue weighted by Crippen LogP contribution is -2.54. The van der Waals surface area contributed by atoms with Gasteiger partial charge in [0.2, 0.25) is 0 Å². The van der Waals surface area contributed by atoms with Crippen LogP contribution in [0, 0.1) is 28.6 Å². The number of hydrogen-bond donors (Lipinski definition) is 0. The minimum atomic E-state index is -0.177. The van der Waals surface area contributed by atoms with Crippen LogP contribution in [0.15, 0.2) is 11.6 Å². The largest absolute Gasteiger partial charge is 0.458 e. The van der Waals surface area contributed by atoms with Crippen molar-refractivity contribution in [3.05, 3.63) is 11.6 Å². The lowest BCUT2D eigenvalue weighted by atomic mass is 9.46. The molecule has 0 amide bonds. The zero-order valence-corrected chi connectivity index (χ0v) is 17.6. The van der Waals surface area contributed by atoms with Gasteiger partial charge in [-0.05, 0) is 87.0 Å². The number of rotatable bonds is 1. The van der Waals surface area contributed by atoms with Crippen molar-refractivity contribution in [2.75, 3.05) is 0 Å². The van der Waals surface area contributed by atoms with Gasteiger partial charge in [0.15, 0.2) is 0 Å². The van der Waals surface area contributed by atoms with Gasteiger partial charge in [-0.2, -0.15) is 0 Å². The van der Waals surface area contributed by atoms with Crippen molar-refractivity contribution < 1.29 is 19.1 Å². The first kappa shape index (κ1) is 18.7. The van der Waals surface area contributed by atoms with E-state index in [1.165, 1.54) is 38.2 Å². The smallest absolute Gasteiger partial charge is 0.306 e. The summed E-state index contributed by atoms with van der Waals surface area (Å²) in [5.41, 5.74) is 1.77. The van der Waals surface area contributed by atoms with E-state index < -0.39 is 0 Å². The predicted octanol–water partition coefficient (Wildman–Crippen LogP) is 4.96. The standard InChI is InChI=1S/C24H34O4/c1-15(25)27-17-6-10-22(2)16(14-17)4-5-18-19(22)7-11-23(3)20(18)8-12-24(23)13-9-21(26)28-24/h14,17-20H,4-13H2,1-3H3/t17-,18+,19+,20-,22-,23-,24+/m0/s1. The summed E-state index contributed by atoms with van der Waals surface area (Å²) in [6.45, 7) is 6.42. The molecule has 0 N–H and O–H groups in total. The highest BCUT2D eigenvalue weighted by molar-refractivity contribution is 5.72. The molecule has 28 heavy (non-hydrogen) atoms. The number of carbonyl (C=O) groups is 2. The van der Waals surface area contributed by atoms with Gasteiger partial charge in [-0.3, -0.25) is 9.59 Å². The molecule has 0 radical (unpaired) electrons. The predicted molar refractivity (Wildman–Crippen MR) is 105 cm³/mol. The topological polar surface area (TPSA) is 52.6 Å². The third-order valence-electron chi connectivity index (χ3n) is 9.72. The molecule has 1 saturated heterocycles. The van der Waals surface area contributed by atoms with Crippen molar-refractivity contribution in [2.24, 2.45) is 28.6 Å². The summed E-state index contributed by atoms with van der Waals surface area (Å²) < 4.78 is 11.6. The summed E-state index contributed by atoms with van der Waals surface area (Å²) in [5.74, 6) is 1.99.